The molecule has 1 aliphatic rings. The number of nitrogens with zero attached hydrogens (tertiary/aromatic N) is 4. The number of hydrogen-bond acceptors (Lipinski definition) is 5. The number of anilines is 2. The normalized spacial score (nSPS) is 19.9. The van der Waals surface area contributed by atoms with Crippen molar-refractivity contribution in [2.24, 2.45) is 11.7 Å². The molecule has 4 N–H and O–H groups in total. The Bertz CT molecular complexity index is 1220. The van der Waals surface area contributed by atoms with Gasteiger partial charge in [0.05, 0.1) is 24.1 Å². The summed E-state index contributed by atoms with van der Waals surface area (Å²) in [5, 5.41) is 27.3. The average Bonchev–Trinajstić information content (AvgIpc) is 3.24. The number of carbonyl (C=O) groups excluding carboxylic acids is 1. The molecule has 1 aromatic heterocycles. The lowest BCUT2D eigenvalue weighted by atomic mass is 9.82. The van der Waals surface area contributed by atoms with Crippen LogP contribution in [0.15, 0.2) is 60.8 Å². The molecule has 0 spiro atoms. The SMILES string of the molecule is N#C[C@H]1C(Cc2ccccc2)N(C(=O)O)CC[C@@H]1n1cc(C(N)=O)c(Nc2ccc(F)cc2)n1. The Morgan fingerprint density at radius 2 is 1.91 bits per heavy atom. The molecule has 2 aromatic carbocycles. The minimum absolute atomic E-state index is 0.112. The predicted octanol–water partition coefficient (Wildman–Crippen LogP) is 3.54. The summed E-state index contributed by atoms with van der Waals surface area (Å²) >= 11 is 0. The first kappa shape index (κ1) is 22.8. The number of likely N-dealkylation sites (tertiary alicyclic amines) is 1. The van der Waals surface area contributed by atoms with E-state index in [-0.39, 0.29) is 17.9 Å². The van der Waals surface area contributed by atoms with Crippen molar-refractivity contribution in [2.45, 2.75) is 24.9 Å². The topological polar surface area (TPSA) is 137 Å². The molecule has 4 rings (SSSR count). The Labute approximate surface area is 195 Å². The molecule has 10 heteroatoms. The van der Waals surface area contributed by atoms with Crippen LogP contribution in [0.5, 0.6) is 0 Å². The quantitative estimate of drug-likeness (QED) is 0.512. The molecule has 0 radical (unpaired) electrons. The summed E-state index contributed by atoms with van der Waals surface area (Å²) in [5.74, 6) is -1.66. The molecule has 0 saturated carbocycles. The maximum Gasteiger partial charge on any atom is 0.407 e. The number of nitriles is 1. The van der Waals surface area contributed by atoms with Crippen LogP contribution < -0.4 is 11.1 Å². The van der Waals surface area contributed by atoms with Crippen LogP contribution in [0.2, 0.25) is 0 Å². The van der Waals surface area contributed by atoms with Crippen molar-refractivity contribution in [2.75, 3.05) is 11.9 Å². The number of nitrogens with one attached hydrogen (secondary N) is 1. The van der Waals surface area contributed by atoms with Gasteiger partial charge in [-0.1, -0.05) is 30.3 Å². The fraction of sp³-hybridized carbons (Fsp3) is 0.250. The summed E-state index contributed by atoms with van der Waals surface area (Å²) in [6.45, 7) is 0.210. The smallest absolute Gasteiger partial charge is 0.407 e. The van der Waals surface area contributed by atoms with Crippen LogP contribution in [-0.4, -0.2) is 44.4 Å². The highest BCUT2D eigenvalue weighted by molar-refractivity contribution is 5.98. The van der Waals surface area contributed by atoms with Gasteiger partial charge < -0.3 is 21.1 Å². The number of aromatic nitrogens is 2. The van der Waals surface area contributed by atoms with Crippen molar-refractivity contribution in [1.82, 2.24) is 14.7 Å². The lowest BCUT2D eigenvalue weighted by molar-refractivity contribution is 0.0670. The molecule has 1 saturated heterocycles. The van der Waals surface area contributed by atoms with Gasteiger partial charge in [0.2, 0.25) is 0 Å². The van der Waals surface area contributed by atoms with Gasteiger partial charge in [-0.3, -0.25) is 9.48 Å². The summed E-state index contributed by atoms with van der Waals surface area (Å²) in [6, 6.07) is 16.1. The van der Waals surface area contributed by atoms with Gasteiger partial charge in [0.1, 0.15) is 11.4 Å². The van der Waals surface area contributed by atoms with Crippen LogP contribution in [0.1, 0.15) is 28.4 Å². The third-order valence-electron chi connectivity index (χ3n) is 6.02. The number of amides is 2. The number of rotatable bonds is 6. The first-order valence-electron chi connectivity index (χ1n) is 10.7. The molecule has 34 heavy (non-hydrogen) atoms. The monoisotopic (exact) mass is 462 g/mol. The van der Waals surface area contributed by atoms with Crippen LogP contribution in [0.25, 0.3) is 0 Å². The minimum Gasteiger partial charge on any atom is -0.465 e. The van der Waals surface area contributed by atoms with Crippen molar-refractivity contribution < 1.29 is 19.1 Å². The summed E-state index contributed by atoms with van der Waals surface area (Å²) in [5.41, 5.74) is 7.08. The van der Waals surface area contributed by atoms with Crippen molar-refractivity contribution in [1.29, 1.82) is 5.26 Å². The second-order valence-electron chi connectivity index (χ2n) is 8.11. The van der Waals surface area contributed by atoms with E-state index in [1.165, 1.54) is 40.0 Å². The first-order valence-corrected chi connectivity index (χ1v) is 10.7. The highest BCUT2D eigenvalue weighted by Gasteiger charge is 2.42. The number of hydrogen-bond donors (Lipinski definition) is 3. The summed E-state index contributed by atoms with van der Waals surface area (Å²) < 4.78 is 14.8. The van der Waals surface area contributed by atoms with Crippen molar-refractivity contribution >= 4 is 23.5 Å². The van der Waals surface area contributed by atoms with Crippen LogP contribution in [0.3, 0.4) is 0 Å². The third kappa shape index (κ3) is 4.68. The Kier molecular flexibility index (Phi) is 6.45. The van der Waals surface area contributed by atoms with E-state index in [1.807, 2.05) is 30.3 Å². The predicted molar refractivity (Wildman–Crippen MR) is 122 cm³/mol. The standard InChI is InChI=1S/C24H23FN6O3/c25-16-6-8-17(9-7-16)28-23-19(22(27)32)14-31(29-23)20-10-11-30(24(33)34)21(18(20)13-26)12-15-4-2-1-3-5-15/h1-9,14,18,20-21H,10-12H2,(H2,27,32)(H,28,29)(H,33,34)/t18-,20+,21?/m1/s1. The molecule has 9 nitrogen and oxygen atoms in total. The number of nitrogens with two attached hydrogens (primary N) is 1. The lowest BCUT2D eigenvalue weighted by Gasteiger charge is -2.41. The molecule has 0 aliphatic carbocycles. The third-order valence-corrected chi connectivity index (χ3v) is 6.02. The maximum atomic E-state index is 13.2. The molecular formula is C24H23FN6O3. The molecule has 2 heterocycles. The average molecular weight is 462 g/mol. The number of carboxylic acid groups (broad SMARTS) is 1. The molecule has 1 unspecified atom stereocenters. The fourth-order valence-corrected chi connectivity index (χ4v) is 4.37. The number of benzene rings is 2. The summed E-state index contributed by atoms with van der Waals surface area (Å²) in [7, 11) is 0. The highest BCUT2D eigenvalue weighted by Crippen LogP contribution is 2.35. The lowest BCUT2D eigenvalue weighted by Crippen LogP contribution is -2.52. The summed E-state index contributed by atoms with van der Waals surface area (Å²) in [4.78, 5) is 25.3. The van der Waals surface area contributed by atoms with Gasteiger partial charge in [0.15, 0.2) is 5.82 Å². The molecule has 0 bridgehead atoms. The second-order valence-corrected chi connectivity index (χ2v) is 8.11. The van der Waals surface area contributed by atoms with Crippen LogP contribution in [0.4, 0.5) is 20.7 Å². The Morgan fingerprint density at radius 1 is 1.21 bits per heavy atom. The van der Waals surface area contributed by atoms with Gasteiger partial charge in [0, 0.05) is 18.4 Å². The van der Waals surface area contributed by atoms with Crippen LogP contribution >= 0.6 is 0 Å². The second kappa shape index (κ2) is 9.62. The van der Waals surface area contributed by atoms with Gasteiger partial charge in [-0.25, -0.2) is 9.18 Å². The minimum atomic E-state index is -1.09. The van der Waals surface area contributed by atoms with Gasteiger partial charge in [-0.05, 0) is 42.7 Å². The van der Waals surface area contributed by atoms with Crippen LogP contribution in [-0.2, 0) is 6.42 Å². The fourth-order valence-electron chi connectivity index (χ4n) is 4.37. The Balaban J connectivity index is 1.67. The number of primary amides is 1. The molecule has 174 valence electrons. The summed E-state index contributed by atoms with van der Waals surface area (Å²) in [6.07, 6.45) is 1.09. The molecule has 3 aromatic rings. The maximum absolute atomic E-state index is 13.2. The number of piperidine rings is 1. The Hall–Kier alpha value is -4.39. The highest BCUT2D eigenvalue weighted by atomic mass is 19.1. The van der Waals surface area contributed by atoms with Crippen molar-refractivity contribution in [3.63, 3.8) is 0 Å². The molecule has 3 atom stereocenters. The van der Waals surface area contributed by atoms with Crippen LogP contribution in [0, 0.1) is 23.1 Å². The Morgan fingerprint density at radius 3 is 2.53 bits per heavy atom. The van der Waals surface area contributed by atoms with Gasteiger partial charge in [-0.2, -0.15) is 10.4 Å². The van der Waals surface area contributed by atoms with E-state index < -0.39 is 35.8 Å². The van der Waals surface area contributed by atoms with Gasteiger partial charge in [0.25, 0.3) is 5.91 Å². The van der Waals surface area contributed by atoms with E-state index in [2.05, 4.69) is 16.5 Å². The largest absolute Gasteiger partial charge is 0.465 e. The van der Waals surface area contributed by atoms with Gasteiger partial charge in [-0.15, -0.1) is 0 Å². The van der Waals surface area contributed by atoms with E-state index in [9.17, 15) is 24.3 Å². The zero-order valence-electron chi connectivity index (χ0n) is 18.1. The first-order chi connectivity index (χ1) is 16.4. The number of halogens is 1. The zero-order valence-corrected chi connectivity index (χ0v) is 18.1. The van der Waals surface area contributed by atoms with E-state index in [4.69, 9.17) is 5.73 Å². The number of carbonyl (C=O) groups is 2. The molecule has 1 aliphatic heterocycles. The van der Waals surface area contributed by atoms with E-state index in [0.717, 1.165) is 5.56 Å². The van der Waals surface area contributed by atoms with Crippen molar-refractivity contribution in [3.8, 4) is 6.07 Å². The van der Waals surface area contributed by atoms with Crippen molar-refractivity contribution in [3.05, 3.63) is 77.7 Å². The van der Waals surface area contributed by atoms with E-state index in [0.29, 0.717) is 18.5 Å². The molecular weight excluding hydrogens is 439 g/mol. The van der Waals surface area contributed by atoms with E-state index >= 15 is 0 Å². The van der Waals surface area contributed by atoms with Gasteiger partial charge >= 0.3 is 6.09 Å². The van der Waals surface area contributed by atoms with E-state index in [1.54, 1.807) is 0 Å². The zero-order chi connectivity index (χ0) is 24.2. The molecule has 2 amide bonds. The molecule has 1 fully saturated rings.